The van der Waals surface area contributed by atoms with E-state index in [0.717, 1.165) is 12.8 Å². The van der Waals surface area contributed by atoms with Gasteiger partial charge in [-0.2, -0.15) is 0 Å². The number of allylic oxidation sites excluding steroid dienone is 3. The van der Waals surface area contributed by atoms with Crippen LogP contribution in [0.1, 0.15) is 33.6 Å². The molecule has 2 aromatic rings. The number of rotatable bonds is 7. The highest BCUT2D eigenvalue weighted by Crippen LogP contribution is 2.32. The van der Waals surface area contributed by atoms with E-state index in [9.17, 15) is 9.90 Å². The molecule has 1 heterocycles. The molecule has 0 bridgehead atoms. The van der Waals surface area contributed by atoms with E-state index in [2.05, 4.69) is 32.9 Å². The van der Waals surface area contributed by atoms with E-state index < -0.39 is 0 Å². The maximum absolute atomic E-state index is 12.2. The first-order valence-electron chi connectivity index (χ1n) is 8.66. The molecule has 0 aliphatic rings. The predicted molar refractivity (Wildman–Crippen MR) is 105 cm³/mol. The lowest BCUT2D eigenvalue weighted by atomic mass is 10.1. The largest absolute Gasteiger partial charge is 0.504 e. The van der Waals surface area contributed by atoms with Crippen LogP contribution in [0.25, 0.3) is 10.9 Å². The van der Waals surface area contributed by atoms with Gasteiger partial charge in [0, 0.05) is 18.5 Å². The Bertz CT molecular complexity index is 902. The first-order chi connectivity index (χ1) is 12.3. The molecule has 1 aromatic heterocycles. The van der Waals surface area contributed by atoms with Crippen LogP contribution in [0.5, 0.6) is 17.2 Å². The first-order valence-corrected chi connectivity index (χ1v) is 8.66. The molecule has 0 aliphatic heterocycles. The third-order valence-corrected chi connectivity index (χ3v) is 4.28. The fourth-order valence-corrected chi connectivity index (χ4v) is 2.72. The Morgan fingerprint density at radius 3 is 2.62 bits per heavy atom. The standard InChI is InChI=1S/C21H27NO4/c1-14(2)7-6-8-15(3)11-12-26-16-9-10-17-18(13-16)22(4)21(24)20(25-5)19(17)23/h7,9-11,13,23H,6,8,12H2,1-5H3/b15-11+. The molecule has 0 atom stereocenters. The predicted octanol–water partition coefficient (Wildman–Crippen LogP) is 4.32. The van der Waals surface area contributed by atoms with E-state index in [4.69, 9.17) is 9.47 Å². The van der Waals surface area contributed by atoms with Crippen molar-refractivity contribution in [2.75, 3.05) is 13.7 Å². The summed E-state index contributed by atoms with van der Waals surface area (Å²) < 4.78 is 12.2. The van der Waals surface area contributed by atoms with E-state index >= 15 is 0 Å². The summed E-state index contributed by atoms with van der Waals surface area (Å²) in [6.45, 7) is 6.75. The highest BCUT2D eigenvalue weighted by atomic mass is 16.5. The Hall–Kier alpha value is -2.69. The Morgan fingerprint density at radius 1 is 1.23 bits per heavy atom. The van der Waals surface area contributed by atoms with Gasteiger partial charge in [-0.05, 0) is 51.8 Å². The van der Waals surface area contributed by atoms with Crippen molar-refractivity contribution in [1.82, 2.24) is 4.57 Å². The first kappa shape index (κ1) is 19.6. The van der Waals surface area contributed by atoms with Gasteiger partial charge in [0.2, 0.25) is 5.75 Å². The van der Waals surface area contributed by atoms with Crippen LogP contribution in [0.15, 0.2) is 46.3 Å². The third kappa shape index (κ3) is 4.48. The summed E-state index contributed by atoms with van der Waals surface area (Å²) in [5.41, 5.74) is 2.81. The average Bonchev–Trinajstić information content (AvgIpc) is 2.60. The summed E-state index contributed by atoms with van der Waals surface area (Å²) >= 11 is 0. The van der Waals surface area contributed by atoms with Crippen LogP contribution in [-0.4, -0.2) is 23.4 Å². The quantitative estimate of drug-likeness (QED) is 0.750. The Labute approximate surface area is 154 Å². The molecule has 0 spiro atoms. The Balaban J connectivity index is 2.16. The summed E-state index contributed by atoms with van der Waals surface area (Å²) in [7, 11) is 3.01. The van der Waals surface area contributed by atoms with Crippen LogP contribution in [0, 0.1) is 0 Å². The number of benzene rings is 1. The van der Waals surface area contributed by atoms with Crippen LogP contribution in [-0.2, 0) is 7.05 Å². The number of aromatic hydroxyl groups is 1. The van der Waals surface area contributed by atoms with Gasteiger partial charge >= 0.3 is 0 Å². The van der Waals surface area contributed by atoms with Gasteiger partial charge in [0.1, 0.15) is 12.4 Å². The molecule has 5 heteroatoms. The normalized spacial score (nSPS) is 11.5. The van der Waals surface area contributed by atoms with Gasteiger partial charge in [-0.1, -0.05) is 17.2 Å². The van der Waals surface area contributed by atoms with Crippen molar-refractivity contribution in [1.29, 1.82) is 0 Å². The zero-order chi connectivity index (χ0) is 19.3. The Morgan fingerprint density at radius 2 is 1.96 bits per heavy atom. The second-order valence-corrected chi connectivity index (χ2v) is 6.61. The van der Waals surface area contributed by atoms with Gasteiger partial charge in [-0.3, -0.25) is 4.79 Å². The number of ether oxygens (including phenoxy) is 2. The van der Waals surface area contributed by atoms with E-state index in [1.54, 1.807) is 25.2 Å². The smallest absolute Gasteiger partial charge is 0.297 e. The van der Waals surface area contributed by atoms with Gasteiger partial charge in [-0.15, -0.1) is 0 Å². The van der Waals surface area contributed by atoms with Crippen molar-refractivity contribution in [3.8, 4) is 17.2 Å². The fourth-order valence-electron chi connectivity index (χ4n) is 2.72. The average molecular weight is 357 g/mol. The molecule has 0 amide bonds. The lowest BCUT2D eigenvalue weighted by Crippen LogP contribution is -2.18. The number of aromatic nitrogens is 1. The molecule has 1 N–H and O–H groups in total. The molecule has 2 rings (SSSR count). The number of hydrogen-bond acceptors (Lipinski definition) is 4. The van der Waals surface area contributed by atoms with Crippen LogP contribution in [0.3, 0.4) is 0 Å². The molecule has 0 saturated carbocycles. The molecule has 5 nitrogen and oxygen atoms in total. The number of methoxy groups -OCH3 is 1. The van der Waals surface area contributed by atoms with E-state index in [1.807, 2.05) is 0 Å². The van der Waals surface area contributed by atoms with Crippen molar-refractivity contribution in [3.05, 3.63) is 51.9 Å². The van der Waals surface area contributed by atoms with Crippen molar-refractivity contribution < 1.29 is 14.6 Å². The fraction of sp³-hybridized carbons (Fsp3) is 0.381. The maximum atomic E-state index is 12.2. The number of aryl methyl sites for hydroxylation is 1. The number of hydrogen-bond donors (Lipinski definition) is 1. The molecule has 0 aliphatic carbocycles. The van der Waals surface area contributed by atoms with E-state index in [1.165, 1.54) is 22.8 Å². The van der Waals surface area contributed by atoms with Gasteiger partial charge in [0.05, 0.1) is 12.6 Å². The van der Waals surface area contributed by atoms with Gasteiger partial charge in [0.15, 0.2) is 5.75 Å². The topological polar surface area (TPSA) is 60.7 Å². The van der Waals surface area contributed by atoms with Crippen molar-refractivity contribution in [3.63, 3.8) is 0 Å². The lowest BCUT2D eigenvalue weighted by Gasteiger charge is -2.12. The molecule has 0 radical (unpaired) electrons. The van der Waals surface area contributed by atoms with Gasteiger partial charge in [-0.25, -0.2) is 0 Å². The minimum Gasteiger partial charge on any atom is -0.504 e. The van der Waals surface area contributed by atoms with E-state index in [-0.39, 0.29) is 17.1 Å². The number of nitrogens with zero attached hydrogens (tertiary/aromatic N) is 1. The molecular formula is C21H27NO4. The Kier molecular flexibility index (Phi) is 6.50. The molecule has 0 unspecified atom stereocenters. The minimum absolute atomic E-state index is 0.0522. The molecule has 26 heavy (non-hydrogen) atoms. The summed E-state index contributed by atoms with van der Waals surface area (Å²) in [6, 6.07) is 5.26. The number of fused-ring (bicyclic) bond motifs is 1. The molecule has 1 aromatic carbocycles. The zero-order valence-corrected chi connectivity index (χ0v) is 16.1. The summed E-state index contributed by atoms with van der Waals surface area (Å²) in [5.74, 6) is 0.446. The summed E-state index contributed by atoms with van der Waals surface area (Å²) in [6.07, 6.45) is 6.33. The number of pyridine rings is 1. The summed E-state index contributed by atoms with van der Waals surface area (Å²) in [4.78, 5) is 12.2. The highest BCUT2D eigenvalue weighted by molar-refractivity contribution is 5.88. The van der Waals surface area contributed by atoms with Gasteiger partial charge in [0.25, 0.3) is 5.56 Å². The monoisotopic (exact) mass is 357 g/mol. The zero-order valence-electron chi connectivity index (χ0n) is 16.1. The van der Waals surface area contributed by atoms with Crippen LogP contribution >= 0.6 is 0 Å². The maximum Gasteiger partial charge on any atom is 0.297 e. The van der Waals surface area contributed by atoms with E-state index in [0.29, 0.717) is 23.3 Å². The van der Waals surface area contributed by atoms with Crippen molar-refractivity contribution in [2.24, 2.45) is 7.05 Å². The molecule has 0 fully saturated rings. The molecule has 0 saturated heterocycles. The van der Waals surface area contributed by atoms with Crippen LogP contribution in [0.2, 0.25) is 0 Å². The molecular weight excluding hydrogens is 330 g/mol. The second-order valence-electron chi connectivity index (χ2n) is 6.61. The van der Waals surface area contributed by atoms with Crippen molar-refractivity contribution >= 4 is 10.9 Å². The highest BCUT2D eigenvalue weighted by Gasteiger charge is 2.15. The minimum atomic E-state index is -0.385. The van der Waals surface area contributed by atoms with Crippen LogP contribution < -0.4 is 15.0 Å². The lowest BCUT2D eigenvalue weighted by molar-refractivity contribution is 0.361. The van der Waals surface area contributed by atoms with Crippen LogP contribution in [0.4, 0.5) is 0 Å². The second kappa shape index (κ2) is 8.61. The SMILES string of the molecule is COc1c(O)c2ccc(OC/C=C(\C)CCC=C(C)C)cc2n(C)c1=O. The van der Waals surface area contributed by atoms with Crippen molar-refractivity contribution in [2.45, 2.75) is 33.6 Å². The molecule has 140 valence electrons. The van der Waals surface area contributed by atoms with Gasteiger partial charge < -0.3 is 19.1 Å². The summed E-state index contributed by atoms with van der Waals surface area (Å²) in [5, 5.41) is 10.8. The third-order valence-electron chi connectivity index (χ3n) is 4.28.